The van der Waals surface area contributed by atoms with Crippen LogP contribution in [0.4, 0.5) is 0 Å². The standard InChI is InChI=1S/C24H36O13/c1-5-8(2)14(26)13-16(28)9(3)15(27)10(4)22(13)37-24-21(33)19(31)18(30)12(36-24)7-35-23-20(32)17(29)11(25)6-34-23/h8,11-12,17-21,23-25,27-33H,5-7H2,1-4H3. The molecular weight excluding hydrogens is 496 g/mol. The monoisotopic (exact) mass is 532 g/mol. The molecule has 37 heavy (non-hydrogen) atoms. The Hall–Kier alpha value is -2.07. The highest BCUT2D eigenvalue weighted by Crippen LogP contribution is 2.44. The van der Waals surface area contributed by atoms with Crippen molar-refractivity contribution in [3.05, 3.63) is 16.7 Å². The highest BCUT2D eigenvalue weighted by molar-refractivity contribution is 6.03. The van der Waals surface area contributed by atoms with Gasteiger partial charge in [0.15, 0.2) is 12.1 Å². The zero-order valence-corrected chi connectivity index (χ0v) is 21.0. The maximum Gasteiger partial charge on any atom is 0.229 e. The number of carbonyl (C=O) groups excluding carboxylic acids is 1. The number of carbonyl (C=O) groups is 1. The molecule has 210 valence electrons. The van der Waals surface area contributed by atoms with Gasteiger partial charge in [-0.3, -0.25) is 4.79 Å². The van der Waals surface area contributed by atoms with Crippen LogP contribution in [-0.2, 0) is 14.2 Å². The first-order chi connectivity index (χ1) is 17.3. The van der Waals surface area contributed by atoms with Crippen molar-refractivity contribution in [1.82, 2.24) is 0 Å². The number of ether oxygens (including phenoxy) is 4. The van der Waals surface area contributed by atoms with E-state index in [-0.39, 0.29) is 34.8 Å². The van der Waals surface area contributed by atoms with E-state index in [9.17, 15) is 45.6 Å². The molecule has 0 spiro atoms. The number of benzene rings is 1. The number of aromatic hydroxyl groups is 2. The number of rotatable bonds is 8. The molecule has 0 aromatic heterocycles. The van der Waals surface area contributed by atoms with Crippen LogP contribution in [0.1, 0.15) is 41.8 Å². The molecule has 10 atom stereocenters. The average molecular weight is 533 g/mol. The summed E-state index contributed by atoms with van der Waals surface area (Å²) in [4.78, 5) is 13.1. The van der Waals surface area contributed by atoms with Gasteiger partial charge in [-0.15, -0.1) is 0 Å². The second-order valence-corrected chi connectivity index (χ2v) is 9.54. The van der Waals surface area contributed by atoms with Crippen LogP contribution in [0, 0.1) is 19.8 Å². The molecule has 0 bridgehead atoms. The maximum absolute atomic E-state index is 13.1. The van der Waals surface area contributed by atoms with Crippen molar-refractivity contribution < 1.29 is 64.6 Å². The molecule has 0 radical (unpaired) electrons. The quantitative estimate of drug-likeness (QED) is 0.181. The fourth-order valence-corrected chi connectivity index (χ4v) is 4.17. The molecule has 0 amide bonds. The Kier molecular flexibility index (Phi) is 9.37. The maximum atomic E-state index is 13.1. The van der Waals surface area contributed by atoms with Crippen LogP contribution in [-0.4, -0.2) is 115 Å². The highest BCUT2D eigenvalue weighted by Gasteiger charge is 2.47. The molecular formula is C24H36O13. The van der Waals surface area contributed by atoms with Gasteiger partial charge in [0.1, 0.15) is 65.5 Å². The third-order valence-corrected chi connectivity index (χ3v) is 6.96. The van der Waals surface area contributed by atoms with Crippen molar-refractivity contribution in [3.8, 4) is 17.2 Å². The van der Waals surface area contributed by atoms with E-state index in [1.165, 1.54) is 13.8 Å². The van der Waals surface area contributed by atoms with Gasteiger partial charge in [0, 0.05) is 17.0 Å². The Balaban J connectivity index is 1.86. The molecule has 2 aliphatic heterocycles. The van der Waals surface area contributed by atoms with Gasteiger partial charge in [0.05, 0.1) is 13.2 Å². The lowest BCUT2D eigenvalue weighted by Crippen LogP contribution is -2.61. The van der Waals surface area contributed by atoms with Crippen LogP contribution in [0.25, 0.3) is 0 Å². The van der Waals surface area contributed by atoms with Crippen molar-refractivity contribution in [3.63, 3.8) is 0 Å². The van der Waals surface area contributed by atoms with Crippen molar-refractivity contribution in [1.29, 1.82) is 0 Å². The Bertz CT molecular complexity index is 969. The van der Waals surface area contributed by atoms with Gasteiger partial charge < -0.3 is 59.8 Å². The number of phenolic OH excluding ortho intramolecular Hbond substituents is 2. The molecule has 2 saturated heterocycles. The first kappa shape index (κ1) is 29.5. The summed E-state index contributed by atoms with van der Waals surface area (Å²) in [5.41, 5.74) is -0.0863. The van der Waals surface area contributed by atoms with E-state index >= 15 is 0 Å². The van der Waals surface area contributed by atoms with Gasteiger partial charge in [0.25, 0.3) is 0 Å². The van der Waals surface area contributed by atoms with Crippen LogP contribution in [0.3, 0.4) is 0 Å². The largest absolute Gasteiger partial charge is 0.507 e. The molecule has 0 saturated carbocycles. The van der Waals surface area contributed by atoms with E-state index in [0.717, 1.165) is 0 Å². The van der Waals surface area contributed by atoms with Crippen LogP contribution in [0.2, 0.25) is 0 Å². The number of hydrogen-bond donors (Lipinski definition) is 8. The van der Waals surface area contributed by atoms with Crippen molar-refractivity contribution in [2.24, 2.45) is 5.92 Å². The molecule has 1 aromatic rings. The molecule has 2 fully saturated rings. The minimum absolute atomic E-state index is 0.0571. The van der Waals surface area contributed by atoms with E-state index in [4.69, 9.17) is 18.9 Å². The summed E-state index contributed by atoms with van der Waals surface area (Å²) in [7, 11) is 0. The third kappa shape index (κ3) is 5.70. The molecule has 13 heteroatoms. The number of aliphatic hydroxyl groups excluding tert-OH is 6. The Morgan fingerprint density at radius 1 is 0.919 bits per heavy atom. The fraction of sp³-hybridized carbons (Fsp3) is 0.708. The Morgan fingerprint density at radius 2 is 1.54 bits per heavy atom. The van der Waals surface area contributed by atoms with Crippen LogP contribution in [0.5, 0.6) is 17.2 Å². The normalized spacial score (nSPS) is 35.2. The third-order valence-electron chi connectivity index (χ3n) is 6.96. The molecule has 13 nitrogen and oxygen atoms in total. The summed E-state index contributed by atoms with van der Waals surface area (Å²) in [6.07, 6.45) is -13.7. The van der Waals surface area contributed by atoms with Gasteiger partial charge in [-0.25, -0.2) is 0 Å². The van der Waals surface area contributed by atoms with E-state index in [1.807, 2.05) is 0 Å². The summed E-state index contributed by atoms with van der Waals surface area (Å²) in [6, 6.07) is 0. The van der Waals surface area contributed by atoms with E-state index < -0.39 is 79.4 Å². The Morgan fingerprint density at radius 3 is 2.16 bits per heavy atom. The Labute approximate surface area is 213 Å². The second kappa shape index (κ2) is 11.8. The number of aliphatic hydroxyl groups is 6. The number of Topliss-reactive ketones (excluding diaryl/α,β-unsaturated/α-hetero) is 1. The topological polar surface area (TPSA) is 216 Å². The van der Waals surface area contributed by atoms with Gasteiger partial charge in [0.2, 0.25) is 6.29 Å². The zero-order valence-electron chi connectivity index (χ0n) is 21.0. The highest BCUT2D eigenvalue weighted by atomic mass is 16.7. The summed E-state index contributed by atoms with van der Waals surface area (Å²) in [5.74, 6) is -2.10. The molecule has 1 aromatic carbocycles. The van der Waals surface area contributed by atoms with Gasteiger partial charge in [-0.1, -0.05) is 13.8 Å². The SMILES string of the molecule is CCC(C)C(=O)c1c(O)c(C)c(O)c(C)c1OC1OC(COC2OCC(O)C(O)C2O)C(O)C(O)C1O. The van der Waals surface area contributed by atoms with Gasteiger partial charge in [-0.05, 0) is 20.3 Å². The average Bonchev–Trinajstić information content (AvgIpc) is 2.88. The number of ketones is 1. The van der Waals surface area contributed by atoms with Gasteiger partial charge in [-0.2, -0.15) is 0 Å². The van der Waals surface area contributed by atoms with E-state index in [2.05, 4.69) is 0 Å². The lowest BCUT2D eigenvalue weighted by molar-refractivity contribution is -0.307. The fourth-order valence-electron chi connectivity index (χ4n) is 4.17. The molecule has 0 aliphatic carbocycles. The van der Waals surface area contributed by atoms with Crippen LogP contribution < -0.4 is 4.74 Å². The van der Waals surface area contributed by atoms with E-state index in [1.54, 1.807) is 13.8 Å². The first-order valence-corrected chi connectivity index (χ1v) is 12.0. The smallest absolute Gasteiger partial charge is 0.229 e. The minimum atomic E-state index is -1.81. The molecule has 10 unspecified atom stereocenters. The van der Waals surface area contributed by atoms with E-state index in [0.29, 0.717) is 6.42 Å². The van der Waals surface area contributed by atoms with Crippen LogP contribution >= 0.6 is 0 Å². The summed E-state index contributed by atoms with van der Waals surface area (Å²) >= 11 is 0. The molecule has 8 N–H and O–H groups in total. The molecule has 3 rings (SSSR count). The summed E-state index contributed by atoms with van der Waals surface area (Å²) in [5, 5.41) is 81.9. The predicted molar refractivity (Wildman–Crippen MR) is 124 cm³/mol. The summed E-state index contributed by atoms with van der Waals surface area (Å²) < 4.78 is 21.9. The number of hydrogen-bond acceptors (Lipinski definition) is 13. The van der Waals surface area contributed by atoms with Gasteiger partial charge >= 0.3 is 0 Å². The second-order valence-electron chi connectivity index (χ2n) is 9.54. The lowest BCUT2D eigenvalue weighted by atomic mass is 9.91. The van der Waals surface area contributed by atoms with Crippen molar-refractivity contribution in [2.75, 3.05) is 13.2 Å². The van der Waals surface area contributed by atoms with Crippen molar-refractivity contribution in [2.45, 2.75) is 89.4 Å². The summed E-state index contributed by atoms with van der Waals surface area (Å²) in [6.45, 7) is 5.47. The first-order valence-electron chi connectivity index (χ1n) is 12.0. The minimum Gasteiger partial charge on any atom is -0.507 e. The molecule has 2 aliphatic rings. The number of phenols is 2. The predicted octanol–water partition coefficient (Wildman–Crippen LogP) is -1.41. The van der Waals surface area contributed by atoms with Crippen LogP contribution in [0.15, 0.2) is 0 Å². The zero-order chi connectivity index (χ0) is 27.8. The molecule has 2 heterocycles. The van der Waals surface area contributed by atoms with Crippen molar-refractivity contribution >= 4 is 5.78 Å². The lowest BCUT2D eigenvalue weighted by Gasteiger charge is -2.41.